The molecule has 0 aliphatic carbocycles. The lowest BCUT2D eigenvalue weighted by Gasteiger charge is -2.51. The average Bonchev–Trinajstić information content (AvgIpc) is 2.14. The van der Waals surface area contributed by atoms with E-state index < -0.39 is 12.4 Å². The van der Waals surface area contributed by atoms with E-state index in [2.05, 4.69) is 51.3 Å². The highest BCUT2D eigenvalue weighted by atomic mass is 19.1. The predicted molar refractivity (Wildman–Crippen MR) is 68.7 cm³/mol. The zero-order valence-electron chi connectivity index (χ0n) is 12.0. The van der Waals surface area contributed by atoms with Crippen LogP contribution in [-0.2, 0) is 0 Å². The zero-order valence-corrected chi connectivity index (χ0v) is 12.0. The van der Waals surface area contributed by atoms with Gasteiger partial charge in [0.15, 0.2) is 0 Å². The number of nitrogens with zero attached hydrogens (tertiary/aromatic N) is 2. The minimum Gasteiger partial charge on any atom is -0.363 e. The molecule has 0 radical (unpaired) electrons. The molecule has 1 aliphatic rings. The molecule has 2 unspecified atom stereocenters. The van der Waals surface area contributed by atoms with Crippen molar-refractivity contribution in [1.82, 2.24) is 9.80 Å². The van der Waals surface area contributed by atoms with E-state index in [0.717, 1.165) is 13.1 Å². The Morgan fingerprint density at radius 3 is 1.94 bits per heavy atom. The first-order chi connectivity index (χ1) is 7.53. The van der Waals surface area contributed by atoms with E-state index in [-0.39, 0.29) is 11.1 Å². The second kappa shape index (κ2) is 4.82. The van der Waals surface area contributed by atoms with E-state index in [1.165, 1.54) is 0 Å². The maximum absolute atomic E-state index is 13.4. The van der Waals surface area contributed by atoms with Crippen LogP contribution in [0.4, 0.5) is 4.39 Å². The summed E-state index contributed by atoms with van der Waals surface area (Å²) >= 11 is 0. The van der Waals surface area contributed by atoms with Gasteiger partial charge in [0.1, 0.15) is 0 Å². The molecule has 2 atom stereocenters. The molecule has 102 valence electrons. The summed E-state index contributed by atoms with van der Waals surface area (Å²) in [5, 5.41) is 9.36. The van der Waals surface area contributed by atoms with Crippen LogP contribution in [0.5, 0.6) is 0 Å². The minimum absolute atomic E-state index is 0.0249. The molecule has 4 heteroatoms. The van der Waals surface area contributed by atoms with Crippen LogP contribution in [0.1, 0.15) is 41.5 Å². The van der Waals surface area contributed by atoms with Gasteiger partial charge < -0.3 is 5.11 Å². The summed E-state index contributed by atoms with van der Waals surface area (Å²) in [5.41, 5.74) is -0.0845. The van der Waals surface area contributed by atoms with E-state index in [0.29, 0.717) is 6.54 Å². The fraction of sp³-hybridized carbons (Fsp3) is 1.00. The molecule has 0 bridgehead atoms. The van der Waals surface area contributed by atoms with Crippen LogP contribution in [0.25, 0.3) is 0 Å². The Labute approximate surface area is 105 Å². The summed E-state index contributed by atoms with van der Waals surface area (Å²) < 4.78 is 13.4. The Morgan fingerprint density at radius 2 is 1.59 bits per heavy atom. The van der Waals surface area contributed by atoms with Crippen LogP contribution in [0, 0.1) is 0 Å². The van der Waals surface area contributed by atoms with Crippen LogP contribution in [0.2, 0.25) is 0 Å². The zero-order chi connectivity index (χ0) is 13.4. The highest BCUT2D eigenvalue weighted by molar-refractivity contribution is 4.93. The first-order valence-corrected chi connectivity index (χ1v) is 6.37. The van der Waals surface area contributed by atoms with Crippen molar-refractivity contribution >= 4 is 0 Å². The highest BCUT2D eigenvalue weighted by Crippen LogP contribution is 2.27. The molecular weight excluding hydrogens is 219 g/mol. The van der Waals surface area contributed by atoms with E-state index in [4.69, 9.17) is 0 Å². The molecule has 0 aromatic rings. The van der Waals surface area contributed by atoms with Gasteiger partial charge in [-0.05, 0) is 41.5 Å². The van der Waals surface area contributed by atoms with Gasteiger partial charge in [0.2, 0.25) is 6.36 Å². The molecule has 3 nitrogen and oxygen atoms in total. The van der Waals surface area contributed by atoms with Gasteiger partial charge in [-0.1, -0.05) is 0 Å². The predicted octanol–water partition coefficient (Wildman–Crippen LogP) is 1.86. The topological polar surface area (TPSA) is 26.7 Å². The van der Waals surface area contributed by atoms with Gasteiger partial charge in [-0.15, -0.1) is 0 Å². The van der Waals surface area contributed by atoms with Crippen molar-refractivity contribution < 1.29 is 9.50 Å². The van der Waals surface area contributed by atoms with Crippen molar-refractivity contribution in [2.75, 3.05) is 19.6 Å². The normalized spacial score (nSPS) is 27.2. The second-order valence-corrected chi connectivity index (χ2v) is 6.92. The van der Waals surface area contributed by atoms with E-state index in [1.54, 1.807) is 0 Å². The van der Waals surface area contributed by atoms with Crippen LogP contribution < -0.4 is 0 Å². The molecule has 0 spiro atoms. The number of rotatable bonds is 1. The van der Waals surface area contributed by atoms with Gasteiger partial charge in [-0.25, -0.2) is 4.39 Å². The molecule has 1 saturated heterocycles. The molecule has 1 heterocycles. The van der Waals surface area contributed by atoms with Crippen molar-refractivity contribution in [1.29, 1.82) is 0 Å². The lowest BCUT2D eigenvalue weighted by Crippen LogP contribution is -2.64. The Morgan fingerprint density at radius 1 is 1.06 bits per heavy atom. The van der Waals surface area contributed by atoms with Crippen molar-refractivity contribution in [3.63, 3.8) is 0 Å². The maximum Gasteiger partial charge on any atom is 0.213 e. The summed E-state index contributed by atoms with van der Waals surface area (Å²) in [4.78, 5) is 4.31. The third kappa shape index (κ3) is 3.63. The van der Waals surface area contributed by atoms with Crippen molar-refractivity contribution in [2.45, 2.75) is 65.0 Å². The molecule has 0 amide bonds. The van der Waals surface area contributed by atoms with Gasteiger partial charge in [0.05, 0.1) is 6.04 Å². The fourth-order valence-corrected chi connectivity index (χ4v) is 2.49. The Hall–Kier alpha value is -0.190. The average molecular weight is 246 g/mol. The molecule has 0 aromatic carbocycles. The number of aliphatic hydroxyl groups excluding tert-OH is 1. The number of alkyl halides is 1. The summed E-state index contributed by atoms with van der Waals surface area (Å²) in [6, 6.07) is -0.428. The van der Waals surface area contributed by atoms with E-state index >= 15 is 0 Å². The number of hydrogen-bond acceptors (Lipinski definition) is 3. The first-order valence-electron chi connectivity index (χ1n) is 6.37. The lowest BCUT2D eigenvalue weighted by atomic mass is 9.96. The summed E-state index contributed by atoms with van der Waals surface area (Å²) in [7, 11) is 0. The first kappa shape index (κ1) is 14.9. The van der Waals surface area contributed by atoms with Crippen LogP contribution in [0.15, 0.2) is 0 Å². The third-order valence-electron chi connectivity index (χ3n) is 3.55. The van der Waals surface area contributed by atoms with Crippen LogP contribution >= 0.6 is 0 Å². The largest absolute Gasteiger partial charge is 0.363 e. The van der Waals surface area contributed by atoms with Crippen molar-refractivity contribution in [3.8, 4) is 0 Å². The summed E-state index contributed by atoms with van der Waals surface area (Å²) in [6.45, 7) is 14.9. The molecule has 1 rings (SSSR count). The lowest BCUT2D eigenvalue weighted by molar-refractivity contribution is -0.111. The van der Waals surface area contributed by atoms with Crippen LogP contribution in [0.3, 0.4) is 0 Å². The molecule has 17 heavy (non-hydrogen) atoms. The number of aliphatic hydroxyl groups is 1. The smallest absolute Gasteiger partial charge is 0.213 e. The van der Waals surface area contributed by atoms with E-state index in [9.17, 15) is 9.50 Å². The molecule has 1 N–H and O–H groups in total. The quantitative estimate of drug-likeness (QED) is 0.765. The molecule has 0 saturated carbocycles. The Bertz CT molecular complexity index is 255. The van der Waals surface area contributed by atoms with Gasteiger partial charge in [-0.3, -0.25) is 9.80 Å². The number of hydrogen-bond donors (Lipinski definition) is 1. The monoisotopic (exact) mass is 246 g/mol. The number of piperazine rings is 1. The van der Waals surface area contributed by atoms with Gasteiger partial charge in [0.25, 0.3) is 0 Å². The highest BCUT2D eigenvalue weighted by Gasteiger charge is 2.40. The molecule has 1 fully saturated rings. The maximum atomic E-state index is 13.4. The summed E-state index contributed by atoms with van der Waals surface area (Å²) in [6.07, 6.45) is -1.78. The SMILES string of the molecule is CC(C)(C)N1CCN(C(C)(C)C)C(C(O)F)C1. The van der Waals surface area contributed by atoms with E-state index in [1.807, 2.05) is 0 Å². The van der Waals surface area contributed by atoms with Crippen molar-refractivity contribution in [2.24, 2.45) is 0 Å². The standard InChI is InChI=1S/C13H27FN2O/c1-12(2,3)15-7-8-16(13(4,5)6)10(9-15)11(14)17/h10-11,17H,7-9H2,1-6H3. The van der Waals surface area contributed by atoms with Gasteiger partial charge in [0, 0.05) is 30.7 Å². The van der Waals surface area contributed by atoms with Gasteiger partial charge in [-0.2, -0.15) is 0 Å². The Kier molecular flexibility index (Phi) is 4.22. The summed E-state index contributed by atoms with van der Waals surface area (Å²) in [5.74, 6) is 0. The molecule has 1 aliphatic heterocycles. The fourth-order valence-electron chi connectivity index (χ4n) is 2.49. The number of halogens is 1. The van der Waals surface area contributed by atoms with Crippen molar-refractivity contribution in [3.05, 3.63) is 0 Å². The second-order valence-electron chi connectivity index (χ2n) is 6.92. The molecule has 0 aromatic heterocycles. The third-order valence-corrected chi connectivity index (χ3v) is 3.55. The minimum atomic E-state index is -1.78. The molecular formula is C13H27FN2O. The Balaban J connectivity index is 2.82. The van der Waals surface area contributed by atoms with Gasteiger partial charge >= 0.3 is 0 Å². The van der Waals surface area contributed by atoms with Crippen LogP contribution in [-0.4, -0.2) is 58.0 Å².